The number of halogens is 2. The quantitative estimate of drug-likeness (QED) is 0.554. The van der Waals surface area contributed by atoms with Crippen LogP contribution in [-0.4, -0.2) is 27.0 Å². The van der Waals surface area contributed by atoms with Crippen molar-refractivity contribution in [1.29, 1.82) is 0 Å². The van der Waals surface area contributed by atoms with Gasteiger partial charge in [0.15, 0.2) is 11.6 Å². The van der Waals surface area contributed by atoms with E-state index in [1.807, 2.05) is 6.92 Å². The number of ether oxygens (including phenoxy) is 1. The van der Waals surface area contributed by atoms with E-state index in [0.717, 1.165) is 22.5 Å². The van der Waals surface area contributed by atoms with Crippen molar-refractivity contribution >= 4 is 22.6 Å². The molecule has 5 nitrogen and oxygen atoms in total. The molecule has 4 aromatic rings. The maximum Gasteiger partial charge on any atom is 0.163 e. The molecular formula is C20H16ClFN4O. The van der Waals surface area contributed by atoms with Crippen LogP contribution in [-0.2, 0) is 6.42 Å². The minimum atomic E-state index is -0.251. The third-order valence-electron chi connectivity index (χ3n) is 4.26. The molecule has 2 aromatic heterocycles. The number of H-pyrrole nitrogens is 1. The van der Waals surface area contributed by atoms with Crippen molar-refractivity contribution in [1.82, 2.24) is 19.9 Å². The van der Waals surface area contributed by atoms with E-state index in [2.05, 4.69) is 19.9 Å². The fourth-order valence-corrected chi connectivity index (χ4v) is 3.27. The Morgan fingerprint density at radius 2 is 1.81 bits per heavy atom. The Morgan fingerprint density at radius 3 is 2.48 bits per heavy atom. The highest BCUT2D eigenvalue weighted by molar-refractivity contribution is 6.35. The van der Waals surface area contributed by atoms with Gasteiger partial charge in [-0.3, -0.25) is 0 Å². The van der Waals surface area contributed by atoms with Gasteiger partial charge in [0.1, 0.15) is 22.7 Å². The first-order chi connectivity index (χ1) is 13.0. The molecule has 2 heterocycles. The van der Waals surface area contributed by atoms with Crippen LogP contribution in [0.1, 0.15) is 17.0 Å². The largest absolute Gasteiger partial charge is 0.494 e. The van der Waals surface area contributed by atoms with Gasteiger partial charge in [-0.15, -0.1) is 0 Å². The molecule has 0 bridgehead atoms. The van der Waals surface area contributed by atoms with E-state index < -0.39 is 0 Å². The van der Waals surface area contributed by atoms with Crippen LogP contribution in [0.3, 0.4) is 0 Å². The summed E-state index contributed by atoms with van der Waals surface area (Å²) in [5, 5.41) is 0.504. The Morgan fingerprint density at radius 1 is 1.11 bits per heavy atom. The van der Waals surface area contributed by atoms with Crippen LogP contribution in [0.5, 0.6) is 5.75 Å². The summed E-state index contributed by atoms with van der Waals surface area (Å²) in [5.41, 5.74) is 3.97. The van der Waals surface area contributed by atoms with E-state index in [-0.39, 0.29) is 5.82 Å². The lowest BCUT2D eigenvalue weighted by Crippen LogP contribution is -1.97. The average molecular weight is 383 g/mol. The second-order valence-corrected chi connectivity index (χ2v) is 6.61. The molecule has 27 heavy (non-hydrogen) atoms. The van der Waals surface area contributed by atoms with Crippen LogP contribution in [0.25, 0.3) is 22.4 Å². The Bertz CT molecular complexity index is 1110. The number of aromatic amines is 1. The molecule has 4 rings (SSSR count). The van der Waals surface area contributed by atoms with Crippen molar-refractivity contribution in [2.24, 2.45) is 0 Å². The summed E-state index contributed by atoms with van der Waals surface area (Å²) in [5.74, 6) is 1.60. The number of nitrogens with one attached hydrogen (secondary N) is 1. The Hall–Kier alpha value is -2.99. The summed E-state index contributed by atoms with van der Waals surface area (Å²) in [4.78, 5) is 16.5. The highest BCUT2D eigenvalue weighted by Crippen LogP contribution is 2.38. The Labute approximate surface area is 160 Å². The SMILES string of the molecule is COc1c(-c2ncc(Cc3ccc(F)cc3)cn2)cc(Cl)c2nc(C)[nH]c12. The van der Waals surface area contributed by atoms with E-state index in [0.29, 0.717) is 34.1 Å². The highest BCUT2D eigenvalue weighted by Gasteiger charge is 2.18. The molecule has 0 saturated carbocycles. The van der Waals surface area contributed by atoms with E-state index in [4.69, 9.17) is 16.3 Å². The molecule has 0 aliphatic heterocycles. The van der Waals surface area contributed by atoms with Gasteiger partial charge in [0.05, 0.1) is 17.7 Å². The predicted octanol–water partition coefficient (Wildman–Crippen LogP) is 4.72. The first kappa shape index (κ1) is 17.4. The van der Waals surface area contributed by atoms with Gasteiger partial charge in [-0.2, -0.15) is 0 Å². The number of benzene rings is 2. The topological polar surface area (TPSA) is 63.7 Å². The number of methoxy groups -OCH3 is 1. The average Bonchev–Trinajstić information content (AvgIpc) is 3.06. The van der Waals surface area contributed by atoms with Crippen LogP contribution in [0.4, 0.5) is 4.39 Å². The van der Waals surface area contributed by atoms with Gasteiger partial charge in [-0.25, -0.2) is 19.3 Å². The van der Waals surface area contributed by atoms with Gasteiger partial charge in [0.2, 0.25) is 0 Å². The van der Waals surface area contributed by atoms with E-state index in [1.165, 1.54) is 12.1 Å². The second-order valence-electron chi connectivity index (χ2n) is 6.20. The minimum Gasteiger partial charge on any atom is -0.494 e. The Balaban J connectivity index is 1.70. The molecule has 1 N–H and O–H groups in total. The molecule has 0 atom stereocenters. The van der Waals surface area contributed by atoms with E-state index in [1.54, 1.807) is 37.7 Å². The molecule has 136 valence electrons. The third-order valence-corrected chi connectivity index (χ3v) is 4.55. The molecule has 0 fully saturated rings. The number of hydrogen-bond donors (Lipinski definition) is 1. The zero-order chi connectivity index (χ0) is 19.0. The van der Waals surface area contributed by atoms with Crippen LogP contribution in [0.15, 0.2) is 42.7 Å². The number of rotatable bonds is 4. The van der Waals surface area contributed by atoms with Crippen molar-refractivity contribution in [3.8, 4) is 17.1 Å². The van der Waals surface area contributed by atoms with Crippen molar-refractivity contribution in [3.05, 3.63) is 70.5 Å². The van der Waals surface area contributed by atoms with Crippen LogP contribution >= 0.6 is 11.6 Å². The number of hydrogen-bond acceptors (Lipinski definition) is 4. The molecule has 0 spiro atoms. The zero-order valence-corrected chi connectivity index (χ0v) is 15.5. The monoisotopic (exact) mass is 382 g/mol. The normalized spacial score (nSPS) is 11.1. The summed E-state index contributed by atoms with van der Waals surface area (Å²) in [6.45, 7) is 1.86. The van der Waals surface area contributed by atoms with Gasteiger partial charge in [-0.05, 0) is 36.2 Å². The molecule has 0 saturated heterocycles. The minimum absolute atomic E-state index is 0.251. The van der Waals surface area contributed by atoms with E-state index >= 15 is 0 Å². The van der Waals surface area contributed by atoms with Gasteiger partial charge in [0.25, 0.3) is 0 Å². The van der Waals surface area contributed by atoms with Crippen molar-refractivity contribution < 1.29 is 9.13 Å². The second kappa shape index (κ2) is 6.96. The van der Waals surface area contributed by atoms with Crippen molar-refractivity contribution in [2.75, 3.05) is 7.11 Å². The van der Waals surface area contributed by atoms with E-state index in [9.17, 15) is 4.39 Å². The number of nitrogens with zero attached hydrogens (tertiary/aromatic N) is 3. The standard InChI is InChI=1S/C20H16ClFN4O/c1-11-25-17-16(21)8-15(19(27-2)18(17)26-11)20-23-9-13(10-24-20)7-12-3-5-14(22)6-4-12/h3-6,8-10H,7H2,1-2H3,(H,25,26). The molecule has 0 radical (unpaired) electrons. The third kappa shape index (κ3) is 3.36. The van der Waals surface area contributed by atoms with Gasteiger partial charge >= 0.3 is 0 Å². The number of aromatic nitrogens is 4. The lowest BCUT2D eigenvalue weighted by molar-refractivity contribution is 0.420. The number of aryl methyl sites for hydroxylation is 1. The summed E-state index contributed by atoms with van der Waals surface area (Å²) >= 11 is 6.38. The summed E-state index contributed by atoms with van der Waals surface area (Å²) in [7, 11) is 1.59. The molecule has 7 heteroatoms. The molecular weight excluding hydrogens is 367 g/mol. The molecule has 0 amide bonds. The van der Waals surface area contributed by atoms with Crippen LogP contribution in [0, 0.1) is 12.7 Å². The fourth-order valence-electron chi connectivity index (χ4n) is 3.03. The molecule has 0 aliphatic carbocycles. The van der Waals surface area contributed by atoms with Gasteiger partial charge < -0.3 is 9.72 Å². The van der Waals surface area contributed by atoms with Crippen molar-refractivity contribution in [3.63, 3.8) is 0 Å². The van der Waals surface area contributed by atoms with Gasteiger partial charge in [-0.1, -0.05) is 23.7 Å². The highest BCUT2D eigenvalue weighted by atomic mass is 35.5. The first-order valence-corrected chi connectivity index (χ1v) is 8.71. The zero-order valence-electron chi connectivity index (χ0n) is 14.8. The first-order valence-electron chi connectivity index (χ1n) is 8.33. The molecule has 0 unspecified atom stereocenters. The molecule has 0 aliphatic rings. The lowest BCUT2D eigenvalue weighted by atomic mass is 10.1. The van der Waals surface area contributed by atoms with Crippen LogP contribution < -0.4 is 4.74 Å². The van der Waals surface area contributed by atoms with Crippen LogP contribution in [0.2, 0.25) is 5.02 Å². The van der Waals surface area contributed by atoms with Crippen molar-refractivity contribution in [2.45, 2.75) is 13.3 Å². The summed E-state index contributed by atoms with van der Waals surface area (Å²) in [6, 6.07) is 8.15. The smallest absolute Gasteiger partial charge is 0.163 e. The fraction of sp³-hybridized carbons (Fsp3) is 0.150. The maximum atomic E-state index is 13.0. The molecule has 2 aromatic carbocycles. The summed E-state index contributed by atoms with van der Waals surface area (Å²) in [6.07, 6.45) is 4.13. The predicted molar refractivity (Wildman–Crippen MR) is 103 cm³/mol. The Kier molecular flexibility index (Phi) is 4.49. The maximum absolute atomic E-state index is 13.0. The number of imidazole rings is 1. The summed E-state index contributed by atoms with van der Waals surface area (Å²) < 4.78 is 18.6. The number of fused-ring (bicyclic) bond motifs is 1. The lowest BCUT2D eigenvalue weighted by Gasteiger charge is -2.10. The van der Waals surface area contributed by atoms with Gasteiger partial charge in [0, 0.05) is 18.8 Å².